The zero-order valence-electron chi connectivity index (χ0n) is 10.0. The van der Waals surface area contributed by atoms with E-state index in [1.165, 1.54) is 0 Å². The minimum absolute atomic E-state index is 0.264. The average Bonchev–Trinajstić information content (AvgIpc) is 3.04. The summed E-state index contributed by atoms with van der Waals surface area (Å²) in [5, 5.41) is 3.55. The lowest BCUT2D eigenvalue weighted by atomic mass is 10.2. The topological polar surface area (TPSA) is 96.9 Å². The first-order chi connectivity index (χ1) is 9.22. The van der Waals surface area contributed by atoms with Crippen molar-refractivity contribution >= 4 is 22.6 Å². The van der Waals surface area contributed by atoms with Gasteiger partial charge in [0.15, 0.2) is 5.76 Å². The van der Waals surface area contributed by atoms with E-state index in [2.05, 4.69) is 15.3 Å². The number of aromatic amines is 1. The summed E-state index contributed by atoms with van der Waals surface area (Å²) in [6.07, 6.45) is 3.21. The zero-order valence-corrected chi connectivity index (χ0v) is 10.0. The third-order valence-corrected chi connectivity index (χ3v) is 2.76. The first-order valence-corrected chi connectivity index (χ1v) is 5.77. The van der Waals surface area contributed by atoms with E-state index in [-0.39, 0.29) is 11.7 Å². The Morgan fingerprint density at radius 2 is 2.32 bits per heavy atom. The van der Waals surface area contributed by atoms with Gasteiger partial charge in [-0.2, -0.15) is 0 Å². The van der Waals surface area contributed by atoms with Gasteiger partial charge in [0.1, 0.15) is 5.58 Å². The summed E-state index contributed by atoms with van der Waals surface area (Å²) < 4.78 is 5.46. The number of imidazole rings is 1. The number of furan rings is 1. The highest BCUT2D eigenvalue weighted by atomic mass is 16.3. The van der Waals surface area contributed by atoms with Gasteiger partial charge in [-0.25, -0.2) is 4.98 Å². The number of carbonyl (C=O) groups is 1. The molecule has 4 N–H and O–H groups in total. The molecule has 0 unspecified atom stereocenters. The van der Waals surface area contributed by atoms with Gasteiger partial charge in [-0.3, -0.25) is 4.79 Å². The molecule has 0 bridgehead atoms. The number of anilines is 1. The van der Waals surface area contributed by atoms with Crippen LogP contribution in [0.3, 0.4) is 0 Å². The van der Waals surface area contributed by atoms with Crippen LogP contribution in [0.2, 0.25) is 0 Å². The van der Waals surface area contributed by atoms with Gasteiger partial charge in [0.2, 0.25) is 0 Å². The van der Waals surface area contributed by atoms with Gasteiger partial charge in [0.05, 0.1) is 18.6 Å². The van der Waals surface area contributed by atoms with Crippen LogP contribution in [-0.4, -0.2) is 15.9 Å². The highest BCUT2D eigenvalue weighted by molar-refractivity contribution is 5.96. The van der Waals surface area contributed by atoms with Crippen LogP contribution in [0, 0.1) is 0 Å². The molecule has 3 aromatic rings. The molecule has 0 radical (unpaired) electrons. The first-order valence-electron chi connectivity index (χ1n) is 5.77. The lowest BCUT2D eigenvalue weighted by Crippen LogP contribution is -2.22. The van der Waals surface area contributed by atoms with E-state index in [1.807, 2.05) is 0 Å². The highest BCUT2D eigenvalue weighted by Gasteiger charge is 2.12. The Morgan fingerprint density at radius 3 is 3.11 bits per heavy atom. The van der Waals surface area contributed by atoms with Gasteiger partial charge >= 0.3 is 0 Å². The Balaban J connectivity index is 1.77. The number of nitrogens with one attached hydrogen (secondary N) is 2. The third-order valence-electron chi connectivity index (χ3n) is 2.76. The van der Waals surface area contributed by atoms with Gasteiger partial charge in [0, 0.05) is 17.3 Å². The Kier molecular flexibility index (Phi) is 2.68. The number of nitrogens with zero attached hydrogens (tertiary/aromatic N) is 1. The van der Waals surface area contributed by atoms with Crippen LogP contribution < -0.4 is 11.1 Å². The molecule has 1 amide bonds. The predicted molar refractivity (Wildman–Crippen MR) is 70.4 cm³/mol. The monoisotopic (exact) mass is 256 g/mol. The van der Waals surface area contributed by atoms with Crippen LogP contribution in [0.5, 0.6) is 0 Å². The Bertz CT molecular complexity index is 715. The summed E-state index contributed by atoms with van der Waals surface area (Å²) in [6.45, 7) is 0.373. The number of carbonyl (C=O) groups excluding carboxylic acids is 1. The van der Waals surface area contributed by atoms with Crippen LogP contribution in [0.15, 0.2) is 41.2 Å². The molecule has 0 aliphatic carbocycles. The molecular weight excluding hydrogens is 244 g/mol. The van der Waals surface area contributed by atoms with Crippen molar-refractivity contribution < 1.29 is 9.21 Å². The Morgan fingerprint density at radius 1 is 1.42 bits per heavy atom. The van der Waals surface area contributed by atoms with Crippen LogP contribution in [0.1, 0.15) is 16.2 Å². The number of hydrogen-bond donors (Lipinski definition) is 3. The summed E-state index contributed by atoms with van der Waals surface area (Å²) in [5.74, 6) is -0.00973. The smallest absolute Gasteiger partial charge is 0.287 e. The van der Waals surface area contributed by atoms with E-state index in [1.54, 1.807) is 36.8 Å². The summed E-state index contributed by atoms with van der Waals surface area (Å²) in [7, 11) is 0. The van der Waals surface area contributed by atoms with Crippen molar-refractivity contribution in [3.05, 3.63) is 48.2 Å². The number of benzene rings is 1. The molecule has 1 aromatic carbocycles. The van der Waals surface area contributed by atoms with E-state index >= 15 is 0 Å². The van der Waals surface area contributed by atoms with Crippen molar-refractivity contribution in [3.8, 4) is 0 Å². The summed E-state index contributed by atoms with van der Waals surface area (Å²) >= 11 is 0. The first kappa shape index (κ1) is 11.3. The van der Waals surface area contributed by atoms with Crippen LogP contribution in [-0.2, 0) is 6.54 Å². The molecule has 0 spiro atoms. The maximum atomic E-state index is 11.9. The molecule has 96 valence electrons. The molecule has 0 saturated carbocycles. The second-order valence-corrected chi connectivity index (χ2v) is 4.17. The van der Waals surface area contributed by atoms with Gasteiger partial charge in [-0.1, -0.05) is 0 Å². The number of nitrogen functional groups attached to an aromatic ring is 1. The maximum absolute atomic E-state index is 11.9. The number of H-pyrrole nitrogens is 1. The molecule has 0 atom stereocenters. The number of nitrogens with two attached hydrogens (primary N) is 1. The normalized spacial score (nSPS) is 10.7. The molecule has 0 aliphatic rings. The molecule has 19 heavy (non-hydrogen) atoms. The number of amides is 1. The molecule has 2 aromatic heterocycles. The van der Waals surface area contributed by atoms with Gasteiger partial charge in [0.25, 0.3) is 5.91 Å². The van der Waals surface area contributed by atoms with E-state index in [9.17, 15) is 4.79 Å². The Hall–Kier alpha value is -2.76. The summed E-state index contributed by atoms with van der Waals surface area (Å²) in [6, 6.07) is 6.92. The Labute approximate surface area is 108 Å². The molecule has 6 nitrogen and oxygen atoms in total. The molecule has 0 aliphatic heterocycles. The van der Waals surface area contributed by atoms with Crippen molar-refractivity contribution in [2.75, 3.05) is 5.73 Å². The van der Waals surface area contributed by atoms with E-state index in [4.69, 9.17) is 10.2 Å². The summed E-state index contributed by atoms with van der Waals surface area (Å²) in [5.41, 5.74) is 7.78. The van der Waals surface area contributed by atoms with Crippen LogP contribution >= 0.6 is 0 Å². The van der Waals surface area contributed by atoms with E-state index < -0.39 is 0 Å². The lowest BCUT2D eigenvalue weighted by molar-refractivity contribution is 0.0925. The fourth-order valence-electron chi connectivity index (χ4n) is 1.82. The fourth-order valence-corrected chi connectivity index (χ4v) is 1.82. The molecular formula is C13H12N4O2. The zero-order chi connectivity index (χ0) is 13.2. The largest absolute Gasteiger partial charge is 0.451 e. The molecule has 6 heteroatoms. The molecule has 3 rings (SSSR count). The maximum Gasteiger partial charge on any atom is 0.287 e. The SMILES string of the molecule is Nc1ccc2oc(C(=O)NCc3cnc[nH]3)cc2c1. The van der Waals surface area contributed by atoms with Crippen LogP contribution in [0.4, 0.5) is 5.69 Å². The average molecular weight is 256 g/mol. The number of aromatic nitrogens is 2. The quantitative estimate of drug-likeness (QED) is 0.621. The van der Waals surface area contributed by atoms with Gasteiger partial charge in [-0.15, -0.1) is 0 Å². The van der Waals surface area contributed by atoms with Crippen LogP contribution in [0.25, 0.3) is 11.0 Å². The second kappa shape index (κ2) is 4.49. The molecule has 0 saturated heterocycles. The molecule has 0 fully saturated rings. The van der Waals surface area contributed by atoms with Gasteiger partial charge < -0.3 is 20.5 Å². The summed E-state index contributed by atoms with van der Waals surface area (Å²) in [4.78, 5) is 18.7. The minimum atomic E-state index is -0.274. The van der Waals surface area contributed by atoms with Crippen molar-refractivity contribution in [2.24, 2.45) is 0 Å². The lowest BCUT2D eigenvalue weighted by Gasteiger charge is -1.99. The third kappa shape index (κ3) is 2.28. The predicted octanol–water partition coefficient (Wildman–Crippen LogP) is 1.67. The minimum Gasteiger partial charge on any atom is -0.451 e. The number of rotatable bonds is 3. The van der Waals surface area contributed by atoms with E-state index in [0.29, 0.717) is 17.8 Å². The van der Waals surface area contributed by atoms with Crippen molar-refractivity contribution in [2.45, 2.75) is 6.54 Å². The number of hydrogen-bond acceptors (Lipinski definition) is 4. The molecule has 2 heterocycles. The highest BCUT2D eigenvalue weighted by Crippen LogP contribution is 2.21. The standard InChI is InChI=1S/C13H12N4O2/c14-9-1-2-11-8(3-9)4-12(19-11)13(18)16-6-10-5-15-7-17-10/h1-5,7H,6,14H2,(H,15,17)(H,16,18). The van der Waals surface area contributed by atoms with Crippen molar-refractivity contribution in [3.63, 3.8) is 0 Å². The van der Waals surface area contributed by atoms with Crippen molar-refractivity contribution in [1.29, 1.82) is 0 Å². The van der Waals surface area contributed by atoms with Gasteiger partial charge in [-0.05, 0) is 24.3 Å². The fraction of sp³-hybridized carbons (Fsp3) is 0.0769. The van der Waals surface area contributed by atoms with E-state index in [0.717, 1.165) is 11.1 Å². The van der Waals surface area contributed by atoms with Crippen molar-refractivity contribution in [1.82, 2.24) is 15.3 Å². The second-order valence-electron chi connectivity index (χ2n) is 4.17. The number of fused-ring (bicyclic) bond motifs is 1.